The summed E-state index contributed by atoms with van der Waals surface area (Å²) in [6, 6.07) is -0.0443. The molecule has 0 aliphatic heterocycles. The zero-order chi connectivity index (χ0) is 16.2. The highest BCUT2D eigenvalue weighted by Crippen LogP contribution is 2.19. The van der Waals surface area contributed by atoms with Crippen LogP contribution in [-0.4, -0.2) is 30.6 Å². The minimum atomic E-state index is -4.01. The standard InChI is InChI=1S/C13H24N4O3S/c1-5-7-10-12(21(14,19)20)11(17-16-10)13(18)15-9(6-2)8(3)4/h8-9H,5-7H2,1-4H3,(H,15,18)(H,16,17)(H2,14,19,20). The van der Waals surface area contributed by atoms with E-state index in [1.807, 2.05) is 27.7 Å². The molecule has 0 saturated heterocycles. The summed E-state index contributed by atoms with van der Waals surface area (Å²) in [5.41, 5.74) is 0.225. The molecule has 1 heterocycles. The maximum atomic E-state index is 12.3. The second kappa shape index (κ2) is 7.04. The van der Waals surface area contributed by atoms with Gasteiger partial charge in [-0.25, -0.2) is 13.6 Å². The fourth-order valence-electron chi connectivity index (χ4n) is 2.22. The number of aryl methyl sites for hydroxylation is 1. The van der Waals surface area contributed by atoms with Crippen LogP contribution in [0.3, 0.4) is 0 Å². The highest BCUT2D eigenvalue weighted by Gasteiger charge is 2.28. The molecule has 0 spiro atoms. The molecule has 4 N–H and O–H groups in total. The van der Waals surface area contributed by atoms with Gasteiger partial charge in [0.05, 0.1) is 5.69 Å². The van der Waals surface area contributed by atoms with Crippen LogP contribution < -0.4 is 10.5 Å². The molecule has 1 amide bonds. The Kier molecular flexibility index (Phi) is 5.91. The summed E-state index contributed by atoms with van der Waals surface area (Å²) in [6.07, 6.45) is 1.93. The van der Waals surface area contributed by atoms with Gasteiger partial charge in [0.2, 0.25) is 10.0 Å². The highest BCUT2D eigenvalue weighted by molar-refractivity contribution is 7.89. The summed E-state index contributed by atoms with van der Waals surface area (Å²) in [4.78, 5) is 12.1. The van der Waals surface area contributed by atoms with Crippen LogP contribution in [0, 0.1) is 5.92 Å². The summed E-state index contributed by atoms with van der Waals surface area (Å²) in [7, 11) is -4.01. The second-order valence-electron chi connectivity index (χ2n) is 5.41. The number of aromatic amines is 1. The average molecular weight is 316 g/mol. The van der Waals surface area contributed by atoms with Gasteiger partial charge in [-0.1, -0.05) is 34.1 Å². The van der Waals surface area contributed by atoms with Crippen LogP contribution in [0.25, 0.3) is 0 Å². The molecule has 120 valence electrons. The lowest BCUT2D eigenvalue weighted by molar-refractivity contribution is 0.0916. The molecule has 0 aliphatic carbocycles. The Morgan fingerprint density at radius 2 is 2.00 bits per heavy atom. The monoisotopic (exact) mass is 316 g/mol. The molecule has 1 rings (SSSR count). The summed E-state index contributed by atoms with van der Waals surface area (Å²) < 4.78 is 23.5. The van der Waals surface area contributed by atoms with E-state index < -0.39 is 15.9 Å². The maximum absolute atomic E-state index is 12.3. The number of sulfonamides is 1. The number of hydrogen-bond donors (Lipinski definition) is 3. The van der Waals surface area contributed by atoms with Crippen molar-refractivity contribution in [2.75, 3.05) is 0 Å². The lowest BCUT2D eigenvalue weighted by atomic mass is 10.0. The van der Waals surface area contributed by atoms with Crippen molar-refractivity contribution in [2.24, 2.45) is 11.1 Å². The van der Waals surface area contributed by atoms with Gasteiger partial charge in [-0.15, -0.1) is 0 Å². The van der Waals surface area contributed by atoms with Crippen LogP contribution in [0.15, 0.2) is 4.90 Å². The molecule has 1 aromatic heterocycles. The summed E-state index contributed by atoms with van der Waals surface area (Å²) in [5, 5.41) is 14.5. The van der Waals surface area contributed by atoms with E-state index in [1.54, 1.807) is 0 Å². The van der Waals surface area contributed by atoms with Crippen molar-refractivity contribution in [1.82, 2.24) is 15.5 Å². The minimum absolute atomic E-state index is 0.0443. The van der Waals surface area contributed by atoms with E-state index in [9.17, 15) is 13.2 Å². The summed E-state index contributed by atoms with van der Waals surface area (Å²) in [5.74, 6) is -0.274. The van der Waals surface area contributed by atoms with Gasteiger partial charge in [0.15, 0.2) is 5.69 Å². The van der Waals surface area contributed by atoms with Crippen LogP contribution in [0.4, 0.5) is 0 Å². The Morgan fingerprint density at radius 3 is 2.43 bits per heavy atom. The van der Waals surface area contributed by atoms with Crippen LogP contribution in [0.5, 0.6) is 0 Å². The van der Waals surface area contributed by atoms with Gasteiger partial charge >= 0.3 is 0 Å². The molecule has 0 radical (unpaired) electrons. The molecule has 1 atom stereocenters. The maximum Gasteiger partial charge on any atom is 0.273 e. The average Bonchev–Trinajstić information content (AvgIpc) is 2.79. The number of nitrogens with two attached hydrogens (primary N) is 1. The number of amides is 1. The van der Waals surface area contributed by atoms with Crippen molar-refractivity contribution >= 4 is 15.9 Å². The SMILES string of the molecule is CCCc1[nH]nc(C(=O)NC(CC)C(C)C)c1S(N)(=O)=O. The number of aromatic nitrogens is 2. The molecule has 0 aromatic carbocycles. The van der Waals surface area contributed by atoms with E-state index >= 15 is 0 Å². The fourth-order valence-corrected chi connectivity index (χ4v) is 3.12. The Labute approximate surface area is 125 Å². The van der Waals surface area contributed by atoms with E-state index in [-0.39, 0.29) is 22.5 Å². The van der Waals surface area contributed by atoms with Gasteiger partial charge < -0.3 is 5.32 Å². The number of primary sulfonamides is 1. The number of hydrogen-bond acceptors (Lipinski definition) is 4. The van der Waals surface area contributed by atoms with E-state index in [0.717, 1.165) is 12.8 Å². The smallest absolute Gasteiger partial charge is 0.273 e. The molecule has 0 bridgehead atoms. The first kappa shape index (κ1) is 17.6. The largest absolute Gasteiger partial charge is 0.348 e. The van der Waals surface area contributed by atoms with Crippen LogP contribution >= 0.6 is 0 Å². The van der Waals surface area contributed by atoms with Crippen molar-refractivity contribution in [3.8, 4) is 0 Å². The van der Waals surface area contributed by atoms with Gasteiger partial charge in [-0.2, -0.15) is 5.10 Å². The Balaban J connectivity index is 3.16. The van der Waals surface area contributed by atoms with Crippen molar-refractivity contribution in [1.29, 1.82) is 0 Å². The molecular weight excluding hydrogens is 292 g/mol. The zero-order valence-corrected chi connectivity index (χ0v) is 13.8. The molecule has 1 aromatic rings. The zero-order valence-electron chi connectivity index (χ0n) is 12.9. The number of H-pyrrole nitrogens is 1. The number of nitrogens with zero attached hydrogens (tertiary/aromatic N) is 1. The van der Waals surface area contributed by atoms with Crippen LogP contribution in [0.2, 0.25) is 0 Å². The minimum Gasteiger partial charge on any atom is -0.348 e. The molecule has 8 heteroatoms. The number of carbonyl (C=O) groups excluding carboxylic acids is 1. The van der Waals surface area contributed by atoms with Gasteiger partial charge in [-0.05, 0) is 18.8 Å². The van der Waals surface area contributed by atoms with Gasteiger partial charge in [0.1, 0.15) is 4.90 Å². The van der Waals surface area contributed by atoms with Crippen LogP contribution in [0.1, 0.15) is 56.7 Å². The highest BCUT2D eigenvalue weighted by atomic mass is 32.2. The molecule has 21 heavy (non-hydrogen) atoms. The van der Waals surface area contributed by atoms with E-state index in [0.29, 0.717) is 12.1 Å². The fraction of sp³-hybridized carbons (Fsp3) is 0.692. The lowest BCUT2D eigenvalue weighted by Gasteiger charge is -2.20. The quantitative estimate of drug-likeness (QED) is 0.699. The molecule has 0 fully saturated rings. The predicted octanol–water partition coefficient (Wildman–Crippen LogP) is 1.17. The molecule has 0 aliphatic rings. The second-order valence-corrected chi connectivity index (χ2v) is 6.91. The topological polar surface area (TPSA) is 118 Å². The molecule has 7 nitrogen and oxygen atoms in total. The van der Waals surface area contributed by atoms with Gasteiger partial charge in [-0.3, -0.25) is 9.89 Å². The van der Waals surface area contributed by atoms with E-state index in [1.165, 1.54) is 0 Å². The third kappa shape index (κ3) is 4.28. The normalized spacial score (nSPS) is 13.4. The summed E-state index contributed by atoms with van der Waals surface area (Å²) >= 11 is 0. The third-order valence-electron chi connectivity index (χ3n) is 3.35. The summed E-state index contributed by atoms with van der Waals surface area (Å²) in [6.45, 7) is 7.84. The number of carbonyl (C=O) groups is 1. The Morgan fingerprint density at radius 1 is 1.38 bits per heavy atom. The van der Waals surface area contributed by atoms with Gasteiger partial charge in [0.25, 0.3) is 5.91 Å². The first-order valence-electron chi connectivity index (χ1n) is 7.13. The molecule has 1 unspecified atom stereocenters. The number of rotatable bonds is 7. The lowest BCUT2D eigenvalue weighted by Crippen LogP contribution is -2.39. The van der Waals surface area contributed by atoms with E-state index in [4.69, 9.17) is 5.14 Å². The van der Waals surface area contributed by atoms with Crippen molar-refractivity contribution in [3.05, 3.63) is 11.4 Å². The number of nitrogens with one attached hydrogen (secondary N) is 2. The van der Waals surface area contributed by atoms with E-state index in [2.05, 4.69) is 15.5 Å². The predicted molar refractivity (Wildman–Crippen MR) is 80.3 cm³/mol. The Hall–Kier alpha value is -1.41. The van der Waals surface area contributed by atoms with Crippen molar-refractivity contribution in [2.45, 2.75) is 57.9 Å². The van der Waals surface area contributed by atoms with Crippen molar-refractivity contribution < 1.29 is 13.2 Å². The van der Waals surface area contributed by atoms with Crippen LogP contribution in [-0.2, 0) is 16.4 Å². The Bertz CT molecular complexity index is 593. The van der Waals surface area contributed by atoms with Crippen molar-refractivity contribution in [3.63, 3.8) is 0 Å². The van der Waals surface area contributed by atoms with Gasteiger partial charge in [0, 0.05) is 6.04 Å². The first-order chi connectivity index (χ1) is 9.72. The third-order valence-corrected chi connectivity index (χ3v) is 4.36. The first-order valence-corrected chi connectivity index (χ1v) is 8.67. The molecular formula is C13H24N4O3S. The molecule has 0 saturated carbocycles.